The van der Waals surface area contributed by atoms with E-state index in [0.717, 1.165) is 0 Å². The highest BCUT2D eigenvalue weighted by atomic mass is 14.3. The van der Waals surface area contributed by atoms with Gasteiger partial charge in [-0.25, -0.2) is 0 Å². The van der Waals surface area contributed by atoms with Crippen molar-refractivity contribution >= 4 is 64.6 Å². The highest BCUT2D eigenvalue weighted by Crippen LogP contribution is 2.49. The molecule has 12 aromatic carbocycles. The minimum atomic E-state index is 1.21. The smallest absolute Gasteiger partial charge is 0.00259 e. The van der Waals surface area contributed by atoms with Crippen LogP contribution < -0.4 is 0 Å². The molecule has 0 amide bonds. The normalized spacial score (nSPS) is 12.0. The summed E-state index contributed by atoms with van der Waals surface area (Å²) in [5.74, 6) is 0. The summed E-state index contributed by atoms with van der Waals surface area (Å²) < 4.78 is 0. The molecular formula is C60H36. The van der Waals surface area contributed by atoms with Gasteiger partial charge in [0.05, 0.1) is 0 Å². The summed E-state index contributed by atoms with van der Waals surface area (Å²) in [5, 5.41) is 15.2. The zero-order valence-corrected chi connectivity index (χ0v) is 32.8. The molecule has 0 spiro atoms. The van der Waals surface area contributed by atoms with Gasteiger partial charge in [0.1, 0.15) is 0 Å². The summed E-state index contributed by atoms with van der Waals surface area (Å²) >= 11 is 0. The molecular weight excluding hydrogens is 721 g/mol. The second-order valence-electron chi connectivity index (χ2n) is 16.4. The molecule has 0 aliphatic heterocycles. The number of hydrogen-bond acceptors (Lipinski definition) is 0. The molecule has 12 aromatic rings. The van der Waals surface area contributed by atoms with Gasteiger partial charge in [0, 0.05) is 0 Å². The summed E-state index contributed by atoms with van der Waals surface area (Å²) in [5.41, 5.74) is 15.3. The predicted octanol–water partition coefficient (Wildman–Crippen LogP) is 16.9. The van der Waals surface area contributed by atoms with Crippen LogP contribution in [-0.4, -0.2) is 0 Å². The van der Waals surface area contributed by atoms with Crippen molar-refractivity contribution in [1.82, 2.24) is 0 Å². The van der Waals surface area contributed by atoms with Gasteiger partial charge in [-0.2, -0.15) is 0 Å². The van der Waals surface area contributed by atoms with Crippen LogP contribution in [0.1, 0.15) is 0 Å². The van der Waals surface area contributed by atoms with E-state index in [0.29, 0.717) is 0 Å². The van der Waals surface area contributed by atoms with Crippen LogP contribution in [0.2, 0.25) is 0 Å². The van der Waals surface area contributed by atoms with Crippen molar-refractivity contribution in [3.8, 4) is 66.8 Å². The van der Waals surface area contributed by atoms with Crippen LogP contribution in [0.4, 0.5) is 0 Å². The van der Waals surface area contributed by atoms with Gasteiger partial charge in [-0.1, -0.05) is 176 Å². The van der Waals surface area contributed by atoms with E-state index in [9.17, 15) is 0 Å². The number of hydrogen-bond donors (Lipinski definition) is 0. The van der Waals surface area contributed by atoms with Crippen molar-refractivity contribution in [2.45, 2.75) is 0 Å². The maximum absolute atomic E-state index is 2.44. The Morgan fingerprint density at radius 1 is 0.183 bits per heavy atom. The Labute approximate surface area is 348 Å². The molecule has 0 aromatic heterocycles. The molecule has 0 heterocycles. The highest BCUT2D eigenvalue weighted by molar-refractivity contribution is 6.23. The van der Waals surface area contributed by atoms with E-state index in [1.165, 1.54) is 131 Å². The fourth-order valence-electron chi connectivity index (χ4n) is 10.3. The average Bonchev–Trinajstić information content (AvgIpc) is 3.64. The third kappa shape index (κ3) is 5.04. The summed E-state index contributed by atoms with van der Waals surface area (Å²) in [7, 11) is 0. The van der Waals surface area contributed by atoms with E-state index in [2.05, 4.69) is 218 Å². The van der Waals surface area contributed by atoms with Gasteiger partial charge in [0.2, 0.25) is 0 Å². The second-order valence-corrected chi connectivity index (χ2v) is 16.4. The Kier molecular flexibility index (Phi) is 7.11. The van der Waals surface area contributed by atoms with Gasteiger partial charge in [0.15, 0.2) is 0 Å². The van der Waals surface area contributed by atoms with Gasteiger partial charge in [0.25, 0.3) is 0 Å². The fourth-order valence-corrected chi connectivity index (χ4v) is 10.3. The molecule has 60 heavy (non-hydrogen) atoms. The second kappa shape index (κ2) is 12.9. The molecule has 0 fully saturated rings. The van der Waals surface area contributed by atoms with Crippen LogP contribution >= 0.6 is 0 Å². The minimum absolute atomic E-state index is 1.21. The largest absolute Gasteiger partial charge is 0.0616 e. The topological polar surface area (TPSA) is 0 Å². The highest BCUT2D eigenvalue weighted by Gasteiger charge is 2.22. The van der Waals surface area contributed by atoms with Crippen molar-refractivity contribution < 1.29 is 0 Å². The molecule has 0 heteroatoms. The fraction of sp³-hybridized carbons (Fsp3) is 0. The lowest BCUT2D eigenvalue weighted by atomic mass is 9.84. The van der Waals surface area contributed by atoms with Crippen molar-refractivity contribution in [2.75, 3.05) is 0 Å². The molecule has 0 atom stereocenters. The molecule has 0 nitrogen and oxygen atoms in total. The lowest BCUT2D eigenvalue weighted by Gasteiger charge is -2.19. The molecule has 0 unspecified atom stereocenters. The number of fused-ring (bicyclic) bond motifs is 8. The van der Waals surface area contributed by atoms with E-state index in [1.54, 1.807) is 0 Å². The van der Waals surface area contributed by atoms with Gasteiger partial charge < -0.3 is 0 Å². The van der Waals surface area contributed by atoms with Crippen molar-refractivity contribution in [1.29, 1.82) is 0 Å². The van der Waals surface area contributed by atoms with Crippen LogP contribution in [0.25, 0.3) is 131 Å². The third-order valence-electron chi connectivity index (χ3n) is 13.1. The molecule has 276 valence electrons. The van der Waals surface area contributed by atoms with Gasteiger partial charge in [-0.3, -0.25) is 0 Å². The molecule has 0 radical (unpaired) electrons. The zero-order valence-electron chi connectivity index (χ0n) is 32.8. The van der Waals surface area contributed by atoms with Gasteiger partial charge >= 0.3 is 0 Å². The summed E-state index contributed by atoms with van der Waals surface area (Å²) in [6, 6.07) is 81.6. The average molecular weight is 757 g/mol. The first-order chi connectivity index (χ1) is 29.7. The van der Waals surface area contributed by atoms with E-state index in [1.807, 2.05) is 0 Å². The Morgan fingerprint density at radius 2 is 0.583 bits per heavy atom. The predicted molar refractivity (Wildman–Crippen MR) is 258 cm³/mol. The van der Waals surface area contributed by atoms with Gasteiger partial charge in [-0.05, 0) is 174 Å². The maximum atomic E-state index is 2.44. The van der Waals surface area contributed by atoms with E-state index in [4.69, 9.17) is 0 Å². The third-order valence-corrected chi connectivity index (χ3v) is 13.1. The summed E-state index contributed by atoms with van der Waals surface area (Å²) in [6.45, 7) is 0. The van der Waals surface area contributed by atoms with Crippen LogP contribution in [0.3, 0.4) is 0 Å². The molecule has 0 N–H and O–H groups in total. The van der Waals surface area contributed by atoms with E-state index in [-0.39, 0.29) is 0 Å². The Hall–Kier alpha value is -7.80. The molecule has 0 saturated carbocycles. The standard InChI is InChI=1S/C60H36/c1-3-12-39-32-47(26-20-37(39)10-1)58-53-17-7-8-18-54(53)60(48-27-21-38-11-2-4-13-40(38)33-48)57-35-45(28-29-55(57)58)43-23-22-42-31-44(25-24-41(42)30-43)49-34-46-14-9-19-52-50-15-5-6-16-51(50)56(36-49)59(46)52/h1-36H. The first-order valence-electron chi connectivity index (χ1n) is 20.9. The van der Waals surface area contributed by atoms with Gasteiger partial charge in [-0.15, -0.1) is 0 Å². The lowest BCUT2D eigenvalue weighted by molar-refractivity contribution is 1.65. The molecule has 13 rings (SSSR count). The van der Waals surface area contributed by atoms with E-state index < -0.39 is 0 Å². The number of benzene rings is 12. The zero-order chi connectivity index (χ0) is 39.3. The first kappa shape index (κ1) is 33.2. The lowest BCUT2D eigenvalue weighted by Crippen LogP contribution is -1.92. The monoisotopic (exact) mass is 756 g/mol. The van der Waals surface area contributed by atoms with Crippen LogP contribution in [-0.2, 0) is 0 Å². The quantitative estimate of drug-likeness (QED) is 0.157. The van der Waals surface area contributed by atoms with Crippen LogP contribution in [0, 0.1) is 0 Å². The molecule has 0 bridgehead atoms. The van der Waals surface area contributed by atoms with E-state index >= 15 is 0 Å². The minimum Gasteiger partial charge on any atom is -0.0616 e. The Morgan fingerprint density at radius 3 is 1.25 bits per heavy atom. The Balaban J connectivity index is 0.983. The SMILES string of the molecule is c1ccc2c(c1)-c1cccc3cc(-c4ccc5cc(-c6ccc7c(-c8ccc9ccccc9c8)c8ccccc8c(-c8ccc9ccccc9c8)c7c6)ccc5c4)cc-2c13. The summed E-state index contributed by atoms with van der Waals surface area (Å²) in [4.78, 5) is 0. The Bertz CT molecular complexity index is 3770. The van der Waals surface area contributed by atoms with Crippen molar-refractivity contribution in [3.05, 3.63) is 218 Å². The molecule has 1 aliphatic rings. The molecule has 1 aliphatic carbocycles. The first-order valence-corrected chi connectivity index (χ1v) is 20.9. The molecule has 0 saturated heterocycles. The van der Waals surface area contributed by atoms with Crippen molar-refractivity contribution in [2.24, 2.45) is 0 Å². The number of rotatable bonds is 4. The van der Waals surface area contributed by atoms with Crippen LogP contribution in [0.15, 0.2) is 218 Å². The van der Waals surface area contributed by atoms with Crippen LogP contribution in [0.5, 0.6) is 0 Å². The maximum Gasteiger partial charge on any atom is -0.00259 e. The van der Waals surface area contributed by atoms with Crippen molar-refractivity contribution in [3.63, 3.8) is 0 Å². The summed E-state index contributed by atoms with van der Waals surface area (Å²) in [6.07, 6.45) is 0.